The number of benzene rings is 2. The normalized spacial score (nSPS) is 12.8. The SMILES string of the molecule is CC[C@@H](C)NC(=O)[C@H](C)N(Cc1ccccc1C)C(=O)CSCc1cccc(C)c1. The van der Waals surface area contributed by atoms with Gasteiger partial charge in [-0.05, 0) is 50.8 Å². The van der Waals surface area contributed by atoms with Crippen LogP contribution in [-0.4, -0.2) is 34.6 Å². The summed E-state index contributed by atoms with van der Waals surface area (Å²) in [5, 5.41) is 3.01. The Bertz CT molecular complexity index is 853. The number of nitrogens with one attached hydrogen (secondary N) is 1. The molecule has 0 aromatic heterocycles. The molecule has 2 rings (SSSR count). The molecule has 2 amide bonds. The second kappa shape index (κ2) is 11.8. The van der Waals surface area contributed by atoms with Crippen molar-refractivity contribution in [3.63, 3.8) is 0 Å². The van der Waals surface area contributed by atoms with Gasteiger partial charge in [0.1, 0.15) is 6.04 Å². The molecule has 4 nitrogen and oxygen atoms in total. The van der Waals surface area contributed by atoms with Crippen LogP contribution in [0.3, 0.4) is 0 Å². The molecule has 0 fully saturated rings. The van der Waals surface area contributed by atoms with Gasteiger partial charge in [0, 0.05) is 18.3 Å². The molecule has 162 valence electrons. The van der Waals surface area contributed by atoms with Gasteiger partial charge < -0.3 is 10.2 Å². The molecule has 0 saturated heterocycles. The molecule has 2 atom stereocenters. The maximum absolute atomic E-state index is 13.1. The summed E-state index contributed by atoms with van der Waals surface area (Å²) in [4.78, 5) is 27.6. The molecule has 0 unspecified atom stereocenters. The van der Waals surface area contributed by atoms with E-state index in [1.54, 1.807) is 16.7 Å². The number of rotatable bonds is 10. The maximum Gasteiger partial charge on any atom is 0.242 e. The summed E-state index contributed by atoms with van der Waals surface area (Å²) in [6, 6.07) is 15.9. The van der Waals surface area contributed by atoms with E-state index < -0.39 is 6.04 Å². The number of nitrogens with zero attached hydrogens (tertiary/aromatic N) is 1. The summed E-state index contributed by atoms with van der Waals surface area (Å²) in [5.74, 6) is 1.01. The fourth-order valence-electron chi connectivity index (χ4n) is 3.16. The zero-order chi connectivity index (χ0) is 22.1. The first-order valence-electron chi connectivity index (χ1n) is 10.6. The van der Waals surface area contributed by atoms with Gasteiger partial charge in [0.15, 0.2) is 0 Å². The van der Waals surface area contributed by atoms with E-state index in [1.165, 1.54) is 11.1 Å². The van der Waals surface area contributed by atoms with Gasteiger partial charge in [0.05, 0.1) is 5.75 Å². The van der Waals surface area contributed by atoms with Crippen molar-refractivity contribution in [2.75, 3.05) is 5.75 Å². The van der Waals surface area contributed by atoms with Crippen molar-refractivity contribution in [2.45, 2.75) is 65.4 Å². The predicted octanol–water partition coefficient (Wildman–Crippen LogP) is 4.87. The first-order chi connectivity index (χ1) is 14.3. The first-order valence-corrected chi connectivity index (χ1v) is 11.7. The molecule has 1 N–H and O–H groups in total. The molecule has 0 bridgehead atoms. The third kappa shape index (κ3) is 7.21. The fraction of sp³-hybridized carbons (Fsp3) is 0.440. The standard InChI is InChI=1S/C25H34N2O2S/c1-6-20(4)26-25(29)21(5)27(15-23-13-8-7-11-19(23)3)24(28)17-30-16-22-12-9-10-18(2)14-22/h7-14,20-21H,6,15-17H2,1-5H3,(H,26,29)/t20-,21+/m1/s1. The molecular weight excluding hydrogens is 392 g/mol. The highest BCUT2D eigenvalue weighted by Crippen LogP contribution is 2.18. The monoisotopic (exact) mass is 426 g/mol. The van der Waals surface area contributed by atoms with Crippen molar-refractivity contribution < 1.29 is 9.59 Å². The number of amides is 2. The van der Waals surface area contributed by atoms with Crippen LogP contribution in [0, 0.1) is 13.8 Å². The summed E-state index contributed by atoms with van der Waals surface area (Å²) in [5.41, 5.74) is 4.62. The number of hydrogen-bond donors (Lipinski definition) is 1. The van der Waals surface area contributed by atoms with Gasteiger partial charge >= 0.3 is 0 Å². The lowest BCUT2D eigenvalue weighted by Crippen LogP contribution is -2.50. The second-order valence-electron chi connectivity index (χ2n) is 7.92. The van der Waals surface area contributed by atoms with E-state index in [-0.39, 0.29) is 17.9 Å². The average Bonchev–Trinajstić information content (AvgIpc) is 2.72. The number of aryl methyl sites for hydroxylation is 2. The Kier molecular flexibility index (Phi) is 9.44. The van der Waals surface area contributed by atoms with Crippen molar-refractivity contribution in [1.29, 1.82) is 0 Å². The van der Waals surface area contributed by atoms with Gasteiger partial charge in [-0.3, -0.25) is 9.59 Å². The van der Waals surface area contributed by atoms with Gasteiger partial charge in [-0.25, -0.2) is 0 Å². The molecule has 30 heavy (non-hydrogen) atoms. The Labute approximate surface area is 185 Å². The molecule has 0 aliphatic heterocycles. The van der Waals surface area contributed by atoms with E-state index in [0.29, 0.717) is 12.3 Å². The van der Waals surface area contributed by atoms with Crippen LogP contribution in [0.15, 0.2) is 48.5 Å². The smallest absolute Gasteiger partial charge is 0.242 e. The van der Waals surface area contributed by atoms with Crippen LogP contribution in [0.1, 0.15) is 49.4 Å². The largest absolute Gasteiger partial charge is 0.352 e. The highest BCUT2D eigenvalue weighted by molar-refractivity contribution is 7.99. The third-order valence-electron chi connectivity index (χ3n) is 5.35. The quantitative estimate of drug-likeness (QED) is 0.590. The minimum Gasteiger partial charge on any atom is -0.352 e. The third-order valence-corrected chi connectivity index (χ3v) is 6.34. The molecule has 0 spiro atoms. The lowest BCUT2D eigenvalue weighted by atomic mass is 10.1. The Morgan fingerprint density at radius 3 is 2.47 bits per heavy atom. The molecule has 2 aromatic rings. The summed E-state index contributed by atoms with van der Waals surface area (Å²) >= 11 is 1.59. The van der Waals surface area contributed by atoms with Crippen LogP contribution in [0.4, 0.5) is 0 Å². The van der Waals surface area contributed by atoms with Gasteiger partial charge in [-0.1, -0.05) is 61.0 Å². The van der Waals surface area contributed by atoms with E-state index in [0.717, 1.165) is 23.3 Å². The second-order valence-corrected chi connectivity index (χ2v) is 8.91. The first kappa shape index (κ1) is 24.0. The molecular formula is C25H34N2O2S. The highest BCUT2D eigenvalue weighted by atomic mass is 32.2. The molecule has 0 saturated carbocycles. The van der Waals surface area contributed by atoms with E-state index in [1.807, 2.05) is 58.0 Å². The molecule has 5 heteroatoms. The lowest BCUT2D eigenvalue weighted by molar-refractivity contribution is -0.138. The molecule has 2 aromatic carbocycles. The molecule has 0 heterocycles. The van der Waals surface area contributed by atoms with Gasteiger partial charge in [0.25, 0.3) is 0 Å². The summed E-state index contributed by atoms with van der Waals surface area (Å²) < 4.78 is 0. The molecule has 0 aliphatic carbocycles. The number of hydrogen-bond acceptors (Lipinski definition) is 3. The highest BCUT2D eigenvalue weighted by Gasteiger charge is 2.27. The Morgan fingerprint density at radius 1 is 1.07 bits per heavy atom. The van der Waals surface area contributed by atoms with Crippen molar-refractivity contribution in [1.82, 2.24) is 10.2 Å². The molecule has 0 aliphatic rings. The Morgan fingerprint density at radius 2 is 1.80 bits per heavy atom. The van der Waals surface area contributed by atoms with Crippen LogP contribution in [-0.2, 0) is 21.9 Å². The Hall–Kier alpha value is -2.27. The zero-order valence-electron chi connectivity index (χ0n) is 18.8. The van der Waals surface area contributed by atoms with Gasteiger partial charge in [-0.2, -0.15) is 0 Å². The van der Waals surface area contributed by atoms with Gasteiger partial charge in [0.2, 0.25) is 11.8 Å². The number of carbonyl (C=O) groups is 2. The van der Waals surface area contributed by atoms with Gasteiger partial charge in [-0.15, -0.1) is 11.8 Å². The average molecular weight is 427 g/mol. The van der Waals surface area contributed by atoms with Crippen LogP contribution in [0.2, 0.25) is 0 Å². The lowest BCUT2D eigenvalue weighted by Gasteiger charge is -2.30. The summed E-state index contributed by atoms with van der Waals surface area (Å²) in [6.07, 6.45) is 0.858. The zero-order valence-corrected chi connectivity index (χ0v) is 19.6. The van der Waals surface area contributed by atoms with Crippen LogP contribution in [0.5, 0.6) is 0 Å². The number of carbonyl (C=O) groups excluding carboxylic acids is 2. The van der Waals surface area contributed by atoms with Crippen molar-refractivity contribution in [2.24, 2.45) is 0 Å². The van der Waals surface area contributed by atoms with E-state index in [4.69, 9.17) is 0 Å². The van der Waals surface area contributed by atoms with Crippen molar-refractivity contribution in [3.05, 3.63) is 70.8 Å². The van der Waals surface area contributed by atoms with Crippen LogP contribution in [0.25, 0.3) is 0 Å². The number of thioether (sulfide) groups is 1. The minimum absolute atomic E-state index is 0.0114. The van der Waals surface area contributed by atoms with E-state index >= 15 is 0 Å². The van der Waals surface area contributed by atoms with E-state index in [2.05, 4.69) is 30.4 Å². The van der Waals surface area contributed by atoms with E-state index in [9.17, 15) is 9.59 Å². The minimum atomic E-state index is -0.523. The predicted molar refractivity (Wildman–Crippen MR) is 126 cm³/mol. The molecule has 0 radical (unpaired) electrons. The summed E-state index contributed by atoms with van der Waals surface area (Å²) in [6.45, 7) is 10.4. The topological polar surface area (TPSA) is 49.4 Å². The van der Waals surface area contributed by atoms with Crippen LogP contribution < -0.4 is 5.32 Å². The van der Waals surface area contributed by atoms with Crippen molar-refractivity contribution in [3.8, 4) is 0 Å². The fourth-order valence-corrected chi connectivity index (χ4v) is 4.02. The van der Waals surface area contributed by atoms with Crippen LogP contribution >= 0.6 is 11.8 Å². The Balaban J connectivity index is 2.09. The summed E-state index contributed by atoms with van der Waals surface area (Å²) in [7, 11) is 0. The maximum atomic E-state index is 13.1. The van der Waals surface area contributed by atoms with Crippen molar-refractivity contribution >= 4 is 23.6 Å².